The molecule has 0 aromatic carbocycles. The molecule has 1 fully saturated rings. The number of aromatic nitrogens is 1. The minimum absolute atomic E-state index is 0.280. The van der Waals surface area contributed by atoms with Crippen LogP contribution < -0.4 is 10.0 Å². The summed E-state index contributed by atoms with van der Waals surface area (Å²) in [6.07, 6.45) is 1.95. The molecule has 0 spiro atoms. The van der Waals surface area contributed by atoms with Gasteiger partial charge in [0.25, 0.3) is 10.0 Å². The van der Waals surface area contributed by atoms with E-state index in [1.807, 2.05) is 0 Å². The molecule has 1 aromatic rings. The van der Waals surface area contributed by atoms with Gasteiger partial charge in [0, 0.05) is 38.9 Å². The zero-order valence-corrected chi connectivity index (χ0v) is 12.0. The molecule has 2 rings (SSSR count). The van der Waals surface area contributed by atoms with Gasteiger partial charge in [0.15, 0.2) is 5.82 Å². The molecule has 0 unspecified atom stereocenters. The fourth-order valence-electron chi connectivity index (χ4n) is 2.08. The van der Waals surface area contributed by atoms with Gasteiger partial charge in [-0.1, -0.05) is 0 Å². The van der Waals surface area contributed by atoms with Crippen LogP contribution in [0.25, 0.3) is 0 Å². The fraction of sp³-hybridized carbons (Fsp3) is 0.583. The van der Waals surface area contributed by atoms with E-state index in [2.05, 4.69) is 19.9 Å². The van der Waals surface area contributed by atoms with Crippen LogP contribution in [0.3, 0.4) is 0 Å². The van der Waals surface area contributed by atoms with Crippen molar-refractivity contribution in [1.29, 1.82) is 0 Å². The highest BCUT2D eigenvalue weighted by molar-refractivity contribution is 7.89. The van der Waals surface area contributed by atoms with E-state index in [0.29, 0.717) is 6.42 Å². The number of halogens is 1. The van der Waals surface area contributed by atoms with Crippen LogP contribution in [0.5, 0.6) is 0 Å². The average Bonchev–Trinajstić information content (AvgIpc) is 2.45. The Morgan fingerprint density at radius 1 is 1.40 bits per heavy atom. The van der Waals surface area contributed by atoms with Gasteiger partial charge in [-0.25, -0.2) is 22.5 Å². The quantitative estimate of drug-likeness (QED) is 0.712. The summed E-state index contributed by atoms with van der Waals surface area (Å²) in [5.41, 5.74) is 0. The Kier molecular flexibility index (Phi) is 5.41. The Morgan fingerprint density at radius 2 is 2.15 bits per heavy atom. The summed E-state index contributed by atoms with van der Waals surface area (Å²) in [7, 11) is -3.86. The van der Waals surface area contributed by atoms with Crippen LogP contribution in [-0.2, 0) is 10.0 Å². The SMILES string of the molecule is O=S(=O)(NCCCN1CCNCC1)c1ncccc1F. The average molecular weight is 302 g/mol. The number of piperazine rings is 1. The molecule has 2 heterocycles. The van der Waals surface area contributed by atoms with Gasteiger partial charge in [-0.05, 0) is 25.1 Å². The molecule has 0 radical (unpaired) electrons. The lowest BCUT2D eigenvalue weighted by atomic mass is 10.3. The number of rotatable bonds is 6. The molecule has 1 saturated heterocycles. The van der Waals surface area contributed by atoms with Gasteiger partial charge in [0.05, 0.1) is 0 Å². The molecule has 20 heavy (non-hydrogen) atoms. The standard InChI is InChI=1S/C12H19FN4O2S/c13-11-3-1-4-15-12(11)20(18,19)16-5-2-8-17-9-6-14-7-10-17/h1,3-4,14,16H,2,5-10H2. The van der Waals surface area contributed by atoms with Gasteiger partial charge in [-0.2, -0.15) is 0 Å². The highest BCUT2D eigenvalue weighted by Crippen LogP contribution is 2.09. The minimum atomic E-state index is -3.86. The summed E-state index contributed by atoms with van der Waals surface area (Å²) in [5.74, 6) is -0.831. The molecule has 0 saturated carbocycles. The Morgan fingerprint density at radius 3 is 2.85 bits per heavy atom. The van der Waals surface area contributed by atoms with Crippen molar-refractivity contribution in [1.82, 2.24) is 19.9 Å². The predicted octanol–water partition coefficient (Wildman–Crippen LogP) is -0.206. The summed E-state index contributed by atoms with van der Waals surface area (Å²) in [6.45, 7) is 4.98. The van der Waals surface area contributed by atoms with E-state index < -0.39 is 20.9 Å². The highest BCUT2D eigenvalue weighted by atomic mass is 32.2. The first-order valence-corrected chi connectivity index (χ1v) is 8.11. The lowest BCUT2D eigenvalue weighted by Crippen LogP contribution is -2.44. The topological polar surface area (TPSA) is 74.3 Å². The zero-order chi connectivity index (χ0) is 14.4. The second kappa shape index (κ2) is 7.07. The maximum Gasteiger partial charge on any atom is 0.261 e. The first-order valence-electron chi connectivity index (χ1n) is 6.63. The Bertz CT molecular complexity index is 532. The molecule has 112 valence electrons. The van der Waals surface area contributed by atoms with Crippen molar-refractivity contribution in [2.45, 2.75) is 11.4 Å². The molecule has 1 aromatic heterocycles. The fourth-order valence-corrected chi connectivity index (χ4v) is 3.16. The van der Waals surface area contributed by atoms with Gasteiger partial charge in [0.1, 0.15) is 0 Å². The molecule has 8 heteroatoms. The van der Waals surface area contributed by atoms with E-state index in [4.69, 9.17) is 0 Å². The summed E-state index contributed by atoms with van der Waals surface area (Å²) < 4.78 is 39.5. The number of nitrogens with one attached hydrogen (secondary N) is 2. The number of sulfonamides is 1. The Hall–Kier alpha value is -1.09. The summed E-state index contributed by atoms with van der Waals surface area (Å²) >= 11 is 0. The van der Waals surface area contributed by atoms with Crippen LogP contribution in [0.15, 0.2) is 23.4 Å². The molecule has 1 aliphatic heterocycles. The van der Waals surface area contributed by atoms with Crippen LogP contribution in [0.2, 0.25) is 0 Å². The first kappa shape index (κ1) is 15.3. The van der Waals surface area contributed by atoms with Gasteiger partial charge in [-0.15, -0.1) is 0 Å². The molecular formula is C12H19FN4O2S. The lowest BCUT2D eigenvalue weighted by Gasteiger charge is -2.26. The van der Waals surface area contributed by atoms with Crippen molar-refractivity contribution in [3.8, 4) is 0 Å². The van der Waals surface area contributed by atoms with Crippen LogP contribution in [0.4, 0.5) is 4.39 Å². The van der Waals surface area contributed by atoms with E-state index in [1.54, 1.807) is 0 Å². The lowest BCUT2D eigenvalue weighted by molar-refractivity contribution is 0.239. The third-order valence-corrected chi connectivity index (χ3v) is 4.53. The molecule has 0 aliphatic carbocycles. The van der Waals surface area contributed by atoms with Gasteiger partial charge >= 0.3 is 0 Å². The number of hydrogen-bond acceptors (Lipinski definition) is 5. The van der Waals surface area contributed by atoms with Crippen molar-refractivity contribution in [3.63, 3.8) is 0 Å². The van der Waals surface area contributed by atoms with Gasteiger partial charge in [0.2, 0.25) is 5.03 Å². The highest BCUT2D eigenvalue weighted by Gasteiger charge is 2.19. The summed E-state index contributed by atoms with van der Waals surface area (Å²) in [6, 6.07) is 2.45. The van der Waals surface area contributed by atoms with Crippen LogP contribution in [0.1, 0.15) is 6.42 Å². The predicted molar refractivity (Wildman–Crippen MR) is 73.3 cm³/mol. The second-order valence-electron chi connectivity index (χ2n) is 4.63. The number of nitrogens with zero attached hydrogens (tertiary/aromatic N) is 2. The molecule has 0 bridgehead atoms. The van der Waals surface area contributed by atoms with Gasteiger partial charge in [-0.3, -0.25) is 0 Å². The van der Waals surface area contributed by atoms with Crippen LogP contribution >= 0.6 is 0 Å². The minimum Gasteiger partial charge on any atom is -0.314 e. The maximum absolute atomic E-state index is 13.4. The third kappa shape index (κ3) is 4.20. The van der Waals surface area contributed by atoms with E-state index in [1.165, 1.54) is 12.3 Å². The molecule has 2 N–H and O–H groups in total. The molecule has 0 amide bonds. The van der Waals surface area contributed by atoms with Crippen molar-refractivity contribution in [3.05, 3.63) is 24.1 Å². The first-order chi connectivity index (χ1) is 9.59. The van der Waals surface area contributed by atoms with E-state index in [0.717, 1.165) is 38.8 Å². The van der Waals surface area contributed by atoms with E-state index in [-0.39, 0.29) is 6.54 Å². The Balaban J connectivity index is 1.79. The normalized spacial score (nSPS) is 17.2. The van der Waals surface area contributed by atoms with Crippen molar-refractivity contribution in [2.24, 2.45) is 0 Å². The summed E-state index contributed by atoms with van der Waals surface area (Å²) in [5, 5.41) is 2.71. The van der Waals surface area contributed by atoms with Crippen LogP contribution in [0, 0.1) is 5.82 Å². The Labute approximate surface area is 118 Å². The second-order valence-corrected chi connectivity index (χ2v) is 6.32. The van der Waals surface area contributed by atoms with Crippen molar-refractivity contribution in [2.75, 3.05) is 39.3 Å². The molecule has 6 nitrogen and oxygen atoms in total. The summed E-state index contributed by atoms with van der Waals surface area (Å²) in [4.78, 5) is 5.84. The largest absolute Gasteiger partial charge is 0.314 e. The maximum atomic E-state index is 13.4. The zero-order valence-electron chi connectivity index (χ0n) is 11.2. The molecular weight excluding hydrogens is 283 g/mol. The van der Waals surface area contributed by atoms with Crippen molar-refractivity contribution >= 4 is 10.0 Å². The molecule has 0 atom stereocenters. The van der Waals surface area contributed by atoms with Gasteiger partial charge < -0.3 is 10.2 Å². The van der Waals surface area contributed by atoms with E-state index in [9.17, 15) is 12.8 Å². The van der Waals surface area contributed by atoms with Crippen molar-refractivity contribution < 1.29 is 12.8 Å². The number of pyridine rings is 1. The van der Waals surface area contributed by atoms with E-state index >= 15 is 0 Å². The molecule has 1 aliphatic rings. The van der Waals surface area contributed by atoms with Crippen LogP contribution in [-0.4, -0.2) is 57.6 Å². The monoisotopic (exact) mass is 302 g/mol. The third-order valence-electron chi connectivity index (χ3n) is 3.13. The smallest absolute Gasteiger partial charge is 0.261 e. The number of hydrogen-bond donors (Lipinski definition) is 2.